The highest BCUT2D eigenvalue weighted by molar-refractivity contribution is 4.68. The molecule has 20 heavy (non-hydrogen) atoms. The van der Waals surface area contributed by atoms with E-state index in [9.17, 15) is 0 Å². The lowest BCUT2D eigenvalue weighted by molar-refractivity contribution is 0.282. The highest BCUT2D eigenvalue weighted by Crippen LogP contribution is 2.14. The first-order valence-electron chi connectivity index (χ1n) is 9.21. The molecule has 0 aliphatic heterocycles. The number of hydrogen-bond donors (Lipinski definition) is 1. The molecule has 0 saturated carbocycles. The van der Waals surface area contributed by atoms with Crippen molar-refractivity contribution >= 4 is 0 Å². The van der Waals surface area contributed by atoms with E-state index in [0.29, 0.717) is 6.61 Å². The van der Waals surface area contributed by atoms with Crippen LogP contribution in [0.15, 0.2) is 0 Å². The normalized spacial score (nSPS) is 11.4. The van der Waals surface area contributed by atoms with Crippen LogP contribution in [0.4, 0.5) is 0 Å². The van der Waals surface area contributed by atoms with Crippen molar-refractivity contribution < 1.29 is 5.11 Å². The van der Waals surface area contributed by atoms with Gasteiger partial charge in [0.15, 0.2) is 0 Å². The van der Waals surface area contributed by atoms with Crippen molar-refractivity contribution in [3.63, 3.8) is 0 Å². The van der Waals surface area contributed by atoms with Gasteiger partial charge in [0.25, 0.3) is 0 Å². The molecule has 1 heteroatoms. The molecule has 0 heterocycles. The average Bonchev–Trinajstić information content (AvgIpc) is 2.43. The van der Waals surface area contributed by atoms with E-state index < -0.39 is 0 Å². The van der Waals surface area contributed by atoms with Gasteiger partial charge in [-0.1, -0.05) is 90.9 Å². The van der Waals surface area contributed by atoms with Gasteiger partial charge < -0.3 is 5.11 Å². The maximum atomic E-state index is 8.68. The predicted molar refractivity (Wildman–Crippen MR) is 90.9 cm³/mol. The molecule has 1 nitrogen and oxygen atoms in total. The number of unbranched alkanes of at least 4 members (excludes halogenated alkanes) is 13. The van der Waals surface area contributed by atoms with Crippen LogP contribution in [0.2, 0.25) is 0 Å². The third-order valence-electron chi connectivity index (χ3n) is 4.00. The van der Waals surface area contributed by atoms with E-state index in [1.807, 2.05) is 0 Å². The Kier molecular flexibility index (Phi) is 17.0. The summed E-state index contributed by atoms with van der Waals surface area (Å²) in [6.45, 7) is 4.91. The quantitative estimate of drug-likeness (QED) is 0.329. The minimum atomic E-state index is 0.371. The van der Waals surface area contributed by atoms with Gasteiger partial charge in [-0.15, -0.1) is 0 Å². The molecule has 0 aromatic rings. The standard InChI is InChI=1S/C19H39O/c1-19(2)17-15-13-11-9-7-5-3-4-6-8-10-12-14-16-18-20/h17,19-20H,3-16,18H2,1-2H3. The number of aliphatic hydroxyl groups excluding tert-OH is 1. The second-order valence-corrected chi connectivity index (χ2v) is 6.59. The number of hydrogen-bond acceptors (Lipinski definition) is 1. The monoisotopic (exact) mass is 283 g/mol. The summed E-state index contributed by atoms with van der Waals surface area (Å²) in [6, 6.07) is 0. The van der Waals surface area contributed by atoms with Crippen LogP contribution in [0.5, 0.6) is 0 Å². The van der Waals surface area contributed by atoms with E-state index in [1.54, 1.807) is 0 Å². The van der Waals surface area contributed by atoms with Crippen molar-refractivity contribution in [2.24, 2.45) is 5.92 Å². The van der Waals surface area contributed by atoms with Crippen molar-refractivity contribution in [3.05, 3.63) is 6.42 Å². The van der Waals surface area contributed by atoms with Crippen molar-refractivity contribution in [2.45, 2.75) is 104 Å². The molecule has 0 amide bonds. The molecule has 0 unspecified atom stereocenters. The predicted octanol–water partition coefficient (Wildman–Crippen LogP) is 6.30. The molecule has 0 atom stereocenters. The molecule has 0 saturated heterocycles. The first kappa shape index (κ1) is 20.0. The lowest BCUT2D eigenvalue weighted by atomic mass is 10.0. The smallest absolute Gasteiger partial charge is 0.0431 e. The second-order valence-electron chi connectivity index (χ2n) is 6.59. The van der Waals surface area contributed by atoms with Crippen LogP contribution in [0, 0.1) is 12.3 Å². The molecule has 0 aliphatic carbocycles. The molecule has 0 bridgehead atoms. The topological polar surface area (TPSA) is 20.2 Å². The fraction of sp³-hybridized carbons (Fsp3) is 0.947. The van der Waals surface area contributed by atoms with E-state index in [2.05, 4.69) is 20.3 Å². The highest BCUT2D eigenvalue weighted by Gasteiger charge is 1.96. The van der Waals surface area contributed by atoms with Crippen molar-refractivity contribution in [1.82, 2.24) is 0 Å². The van der Waals surface area contributed by atoms with Crippen LogP contribution in [0.1, 0.15) is 104 Å². The Morgan fingerprint density at radius 2 is 0.950 bits per heavy atom. The van der Waals surface area contributed by atoms with Gasteiger partial charge in [0, 0.05) is 6.61 Å². The van der Waals surface area contributed by atoms with Gasteiger partial charge in [-0.05, 0) is 25.2 Å². The molecule has 0 aromatic heterocycles. The van der Waals surface area contributed by atoms with E-state index in [4.69, 9.17) is 5.11 Å². The fourth-order valence-corrected chi connectivity index (χ4v) is 2.65. The van der Waals surface area contributed by atoms with Crippen LogP contribution < -0.4 is 0 Å². The Morgan fingerprint density at radius 3 is 1.30 bits per heavy atom. The van der Waals surface area contributed by atoms with E-state index >= 15 is 0 Å². The zero-order chi connectivity index (χ0) is 14.9. The number of rotatable bonds is 16. The van der Waals surface area contributed by atoms with Crippen LogP contribution >= 0.6 is 0 Å². The number of aliphatic hydroxyl groups is 1. The SMILES string of the molecule is CC(C)[CH]CCCCCCCCCCCCCCCO. The third-order valence-corrected chi connectivity index (χ3v) is 4.00. The molecule has 0 spiro atoms. The first-order valence-corrected chi connectivity index (χ1v) is 9.21. The van der Waals surface area contributed by atoms with E-state index in [0.717, 1.165) is 12.3 Å². The molecule has 1 radical (unpaired) electrons. The molecule has 121 valence electrons. The summed E-state index contributed by atoms with van der Waals surface area (Å²) in [5.74, 6) is 0.763. The van der Waals surface area contributed by atoms with Crippen molar-refractivity contribution in [1.29, 1.82) is 0 Å². The third kappa shape index (κ3) is 18.0. The maximum absolute atomic E-state index is 8.68. The fourth-order valence-electron chi connectivity index (χ4n) is 2.65. The maximum Gasteiger partial charge on any atom is 0.0431 e. The van der Waals surface area contributed by atoms with E-state index in [1.165, 1.54) is 83.5 Å². The summed E-state index contributed by atoms with van der Waals surface area (Å²) < 4.78 is 0. The second kappa shape index (κ2) is 17.0. The summed E-state index contributed by atoms with van der Waals surface area (Å²) in [4.78, 5) is 0. The average molecular weight is 284 g/mol. The summed E-state index contributed by atoms with van der Waals surface area (Å²) in [7, 11) is 0. The zero-order valence-electron chi connectivity index (χ0n) is 14.2. The van der Waals surface area contributed by atoms with Gasteiger partial charge in [-0.3, -0.25) is 0 Å². The molecule has 0 aromatic carbocycles. The first-order chi connectivity index (χ1) is 9.77. The molecular formula is C19H39O. The molecule has 0 rings (SSSR count). The largest absolute Gasteiger partial charge is 0.396 e. The zero-order valence-corrected chi connectivity index (χ0v) is 14.2. The molecular weight excluding hydrogens is 244 g/mol. The van der Waals surface area contributed by atoms with Crippen LogP contribution in [0.3, 0.4) is 0 Å². The van der Waals surface area contributed by atoms with Gasteiger partial charge >= 0.3 is 0 Å². The van der Waals surface area contributed by atoms with Gasteiger partial charge in [-0.25, -0.2) is 0 Å². The summed E-state index contributed by atoms with van der Waals surface area (Å²) in [5, 5.41) is 8.68. The molecule has 0 fully saturated rings. The highest BCUT2D eigenvalue weighted by atomic mass is 16.2. The Morgan fingerprint density at radius 1 is 0.600 bits per heavy atom. The van der Waals surface area contributed by atoms with Gasteiger partial charge in [-0.2, -0.15) is 0 Å². The Hall–Kier alpha value is -0.0400. The molecule has 0 aliphatic rings. The van der Waals surface area contributed by atoms with Crippen molar-refractivity contribution in [2.75, 3.05) is 6.61 Å². The van der Waals surface area contributed by atoms with Gasteiger partial charge in [0.05, 0.1) is 0 Å². The van der Waals surface area contributed by atoms with E-state index in [-0.39, 0.29) is 0 Å². The summed E-state index contributed by atoms with van der Waals surface area (Å²) >= 11 is 0. The minimum absolute atomic E-state index is 0.371. The Labute approximate surface area is 128 Å². The minimum Gasteiger partial charge on any atom is -0.396 e. The Bertz CT molecular complexity index is 165. The van der Waals surface area contributed by atoms with Gasteiger partial charge in [0.2, 0.25) is 0 Å². The Balaban J connectivity index is 2.92. The van der Waals surface area contributed by atoms with Crippen LogP contribution in [-0.2, 0) is 0 Å². The van der Waals surface area contributed by atoms with Crippen LogP contribution in [-0.4, -0.2) is 11.7 Å². The molecule has 1 N–H and O–H groups in total. The summed E-state index contributed by atoms with van der Waals surface area (Å²) in [6.07, 6.45) is 21.5. The van der Waals surface area contributed by atoms with Crippen LogP contribution in [0.25, 0.3) is 0 Å². The van der Waals surface area contributed by atoms with Gasteiger partial charge in [0.1, 0.15) is 0 Å². The lowest BCUT2D eigenvalue weighted by Crippen LogP contribution is -1.88. The van der Waals surface area contributed by atoms with Crippen molar-refractivity contribution in [3.8, 4) is 0 Å². The summed E-state index contributed by atoms with van der Waals surface area (Å²) in [5.41, 5.74) is 0. The lowest BCUT2D eigenvalue weighted by Gasteiger charge is -2.04.